The number of rotatable bonds is 6. The minimum absolute atomic E-state index is 0.0190. The largest absolute Gasteiger partial charge is 0.379 e. The average molecular weight is 465 g/mol. The second-order valence-corrected chi connectivity index (χ2v) is 9.39. The van der Waals surface area contributed by atoms with Crippen molar-refractivity contribution in [3.63, 3.8) is 0 Å². The van der Waals surface area contributed by atoms with Gasteiger partial charge in [0.15, 0.2) is 0 Å². The first-order chi connectivity index (χ1) is 14.8. The number of fused-ring (bicyclic) bond motifs is 1. The highest BCUT2D eigenvalue weighted by Gasteiger charge is 2.25. The summed E-state index contributed by atoms with van der Waals surface area (Å²) in [4.78, 5) is 30.0. The molecule has 1 atom stereocenters. The van der Waals surface area contributed by atoms with Crippen molar-refractivity contribution in [1.29, 1.82) is 0 Å². The summed E-state index contributed by atoms with van der Waals surface area (Å²) in [7, 11) is -3.88. The molecule has 0 aliphatic carbocycles. The van der Waals surface area contributed by atoms with E-state index >= 15 is 0 Å². The molecule has 1 fully saturated rings. The molecule has 1 saturated heterocycles. The van der Waals surface area contributed by atoms with Crippen LogP contribution < -0.4 is 15.8 Å². The van der Waals surface area contributed by atoms with Crippen LogP contribution in [0.2, 0.25) is 5.02 Å². The summed E-state index contributed by atoms with van der Waals surface area (Å²) in [6.07, 6.45) is 0. The van der Waals surface area contributed by atoms with Crippen molar-refractivity contribution in [3.8, 4) is 0 Å². The molecule has 0 spiro atoms. The van der Waals surface area contributed by atoms with Gasteiger partial charge in [-0.15, -0.1) is 0 Å². The van der Waals surface area contributed by atoms with Crippen molar-refractivity contribution < 1.29 is 13.2 Å². The van der Waals surface area contributed by atoms with Gasteiger partial charge in [0.25, 0.3) is 0 Å². The van der Waals surface area contributed by atoms with Crippen LogP contribution in [0.5, 0.6) is 0 Å². The minimum atomic E-state index is -3.88. The smallest absolute Gasteiger partial charge is 0.314 e. The van der Waals surface area contributed by atoms with Gasteiger partial charge in [0.05, 0.1) is 29.1 Å². The molecule has 0 saturated carbocycles. The molecule has 2 heterocycles. The maximum Gasteiger partial charge on any atom is 0.314 e. The van der Waals surface area contributed by atoms with Gasteiger partial charge in [-0.1, -0.05) is 23.7 Å². The Hall–Kier alpha value is -2.50. The van der Waals surface area contributed by atoms with Gasteiger partial charge in [0.1, 0.15) is 0 Å². The molecule has 0 bridgehead atoms. The summed E-state index contributed by atoms with van der Waals surface area (Å²) >= 11 is 6.16. The van der Waals surface area contributed by atoms with Crippen LogP contribution in [0.25, 0.3) is 11.0 Å². The highest BCUT2D eigenvalue weighted by Crippen LogP contribution is 2.25. The van der Waals surface area contributed by atoms with E-state index in [4.69, 9.17) is 16.3 Å². The number of hydrogen-bond donors (Lipinski definition) is 3. The maximum absolute atomic E-state index is 13.0. The summed E-state index contributed by atoms with van der Waals surface area (Å²) in [6, 6.07) is 11.3. The number of benzene rings is 2. The Morgan fingerprint density at radius 3 is 2.45 bits per heavy atom. The van der Waals surface area contributed by atoms with Crippen molar-refractivity contribution >= 4 is 32.7 Å². The summed E-state index contributed by atoms with van der Waals surface area (Å²) in [5, 5.41) is 0.575. The van der Waals surface area contributed by atoms with E-state index in [2.05, 4.69) is 19.6 Å². The minimum Gasteiger partial charge on any atom is -0.379 e. The van der Waals surface area contributed by atoms with Gasteiger partial charge in [-0.2, -0.15) is 0 Å². The van der Waals surface area contributed by atoms with Gasteiger partial charge in [-0.25, -0.2) is 13.1 Å². The predicted octanol–water partition coefficient (Wildman–Crippen LogP) is 1.22. The first kappa shape index (κ1) is 21.7. The van der Waals surface area contributed by atoms with Crippen LogP contribution in [0.1, 0.15) is 11.6 Å². The number of nitrogens with one attached hydrogen (secondary N) is 3. The van der Waals surface area contributed by atoms with Crippen LogP contribution in [0.3, 0.4) is 0 Å². The molecule has 31 heavy (non-hydrogen) atoms. The SMILES string of the molecule is O=c1[nH]c2ccc(S(=O)(=O)NCC(c3cccc(Cl)c3)N3CCOCC3)cc2[nH]c1=O. The second kappa shape index (κ2) is 8.93. The Labute approximate surface area is 183 Å². The normalized spacial score (nSPS) is 16.4. The molecular formula is C20H21ClN4O5S. The number of aromatic amines is 2. The molecule has 9 nitrogen and oxygen atoms in total. The number of morpholine rings is 1. The third kappa shape index (κ3) is 4.89. The van der Waals surface area contributed by atoms with E-state index in [0.29, 0.717) is 36.8 Å². The predicted molar refractivity (Wildman–Crippen MR) is 117 cm³/mol. The van der Waals surface area contributed by atoms with Crippen molar-refractivity contribution in [2.75, 3.05) is 32.8 Å². The molecule has 3 N–H and O–H groups in total. The molecule has 4 rings (SSSR count). The monoisotopic (exact) mass is 464 g/mol. The third-order valence-electron chi connectivity index (χ3n) is 5.19. The zero-order valence-corrected chi connectivity index (χ0v) is 18.0. The van der Waals surface area contributed by atoms with Crippen molar-refractivity contribution in [2.45, 2.75) is 10.9 Å². The molecule has 2 aromatic carbocycles. The van der Waals surface area contributed by atoms with Crippen LogP contribution in [0.4, 0.5) is 0 Å². The van der Waals surface area contributed by atoms with E-state index in [0.717, 1.165) is 5.56 Å². The van der Waals surface area contributed by atoms with Crippen LogP contribution in [0, 0.1) is 0 Å². The van der Waals surface area contributed by atoms with Crippen molar-refractivity contribution in [1.82, 2.24) is 19.6 Å². The lowest BCUT2D eigenvalue weighted by Gasteiger charge is -2.35. The van der Waals surface area contributed by atoms with Gasteiger partial charge in [-0.3, -0.25) is 14.5 Å². The summed E-state index contributed by atoms with van der Waals surface area (Å²) in [5.41, 5.74) is -0.169. The highest BCUT2D eigenvalue weighted by molar-refractivity contribution is 7.89. The van der Waals surface area contributed by atoms with Gasteiger partial charge in [0, 0.05) is 30.7 Å². The van der Waals surface area contributed by atoms with Crippen LogP contribution in [-0.4, -0.2) is 56.1 Å². The maximum atomic E-state index is 13.0. The summed E-state index contributed by atoms with van der Waals surface area (Å²) < 4.78 is 34.0. The standard InChI is InChI=1S/C20H21ClN4O5S/c21-14-3-1-2-13(10-14)18(25-6-8-30-9-7-25)12-22-31(28,29)15-4-5-16-17(11-15)24-20(27)19(26)23-16/h1-5,10-11,18,22H,6-9,12H2,(H,23,26)(H,24,27). The Kier molecular flexibility index (Phi) is 6.26. The lowest BCUT2D eigenvalue weighted by Crippen LogP contribution is -2.43. The molecular weight excluding hydrogens is 444 g/mol. The van der Waals surface area contributed by atoms with E-state index in [1.165, 1.54) is 18.2 Å². The molecule has 3 aromatic rings. The Balaban J connectivity index is 1.61. The third-order valence-corrected chi connectivity index (χ3v) is 6.85. The number of halogens is 1. The zero-order valence-electron chi connectivity index (χ0n) is 16.4. The molecule has 1 aliphatic rings. The number of ether oxygens (including phenoxy) is 1. The fraction of sp³-hybridized carbons (Fsp3) is 0.300. The Morgan fingerprint density at radius 2 is 1.74 bits per heavy atom. The zero-order chi connectivity index (χ0) is 22.0. The highest BCUT2D eigenvalue weighted by atomic mass is 35.5. The quantitative estimate of drug-likeness (QED) is 0.471. The van der Waals surface area contributed by atoms with Crippen molar-refractivity contribution in [2.24, 2.45) is 0 Å². The topological polar surface area (TPSA) is 124 Å². The summed E-state index contributed by atoms with van der Waals surface area (Å²) in [5.74, 6) is 0. The number of sulfonamides is 1. The molecule has 0 radical (unpaired) electrons. The van der Waals surface area contributed by atoms with Crippen LogP contribution >= 0.6 is 11.6 Å². The first-order valence-corrected chi connectivity index (χ1v) is 11.5. The first-order valence-electron chi connectivity index (χ1n) is 9.67. The summed E-state index contributed by atoms with van der Waals surface area (Å²) in [6.45, 7) is 2.61. The van der Waals surface area contributed by atoms with Gasteiger partial charge in [-0.05, 0) is 35.9 Å². The number of nitrogens with zero attached hydrogens (tertiary/aromatic N) is 1. The van der Waals surface area contributed by atoms with Gasteiger partial charge >= 0.3 is 11.1 Å². The van der Waals surface area contributed by atoms with Crippen molar-refractivity contribution in [3.05, 3.63) is 73.8 Å². The van der Waals surface area contributed by atoms with E-state index in [-0.39, 0.29) is 23.0 Å². The van der Waals surface area contributed by atoms with Gasteiger partial charge < -0.3 is 14.7 Å². The average Bonchev–Trinajstić information content (AvgIpc) is 2.75. The Morgan fingerprint density at radius 1 is 1.03 bits per heavy atom. The van der Waals surface area contributed by atoms with E-state index in [9.17, 15) is 18.0 Å². The van der Waals surface area contributed by atoms with Crippen LogP contribution in [0.15, 0.2) is 56.9 Å². The number of hydrogen-bond acceptors (Lipinski definition) is 6. The van der Waals surface area contributed by atoms with Crippen LogP contribution in [-0.2, 0) is 14.8 Å². The molecule has 0 amide bonds. The molecule has 11 heteroatoms. The van der Waals surface area contributed by atoms with E-state index in [1.54, 1.807) is 6.07 Å². The lowest BCUT2D eigenvalue weighted by molar-refractivity contribution is 0.0172. The fourth-order valence-corrected chi connectivity index (χ4v) is 4.86. The van der Waals surface area contributed by atoms with E-state index < -0.39 is 21.1 Å². The fourth-order valence-electron chi connectivity index (χ4n) is 3.59. The molecule has 1 aromatic heterocycles. The second-order valence-electron chi connectivity index (χ2n) is 7.19. The van der Waals surface area contributed by atoms with Gasteiger partial charge in [0.2, 0.25) is 10.0 Å². The molecule has 1 aliphatic heterocycles. The molecule has 1 unspecified atom stereocenters. The Bertz CT molecular complexity index is 1310. The number of aromatic nitrogens is 2. The van der Waals surface area contributed by atoms with E-state index in [1.807, 2.05) is 18.2 Å². The molecule has 164 valence electrons. The number of H-pyrrole nitrogens is 2. The lowest BCUT2D eigenvalue weighted by atomic mass is 10.1.